The Morgan fingerprint density at radius 3 is 2.70 bits per heavy atom. The molecule has 0 aliphatic rings. The lowest BCUT2D eigenvalue weighted by Gasteiger charge is -2.01. The predicted octanol–water partition coefficient (Wildman–Crippen LogP) is 0.673. The molecule has 0 saturated carbocycles. The topological polar surface area (TPSA) is 38.3 Å². The second-order valence-corrected chi connectivity index (χ2v) is 2.07. The molecule has 0 atom stereocenters. The smallest absolute Gasteiger partial charge is 0.226 e. The summed E-state index contributed by atoms with van der Waals surface area (Å²) in [4.78, 5) is 10.8. The van der Waals surface area contributed by atoms with Crippen molar-refractivity contribution in [3.8, 4) is 0 Å². The SMILES string of the molecule is C=C(C)NC(=O)CCOC. The van der Waals surface area contributed by atoms with E-state index in [9.17, 15) is 4.79 Å². The van der Waals surface area contributed by atoms with Crippen molar-refractivity contribution in [1.29, 1.82) is 0 Å². The van der Waals surface area contributed by atoms with E-state index in [-0.39, 0.29) is 5.91 Å². The van der Waals surface area contributed by atoms with Gasteiger partial charge in [-0.25, -0.2) is 0 Å². The normalized spacial score (nSPS) is 9.00. The van der Waals surface area contributed by atoms with Crippen LogP contribution in [0.1, 0.15) is 13.3 Å². The molecule has 3 heteroatoms. The second kappa shape index (κ2) is 4.99. The monoisotopic (exact) mass is 143 g/mol. The van der Waals surface area contributed by atoms with Gasteiger partial charge in [-0.1, -0.05) is 6.58 Å². The highest BCUT2D eigenvalue weighted by Gasteiger charge is 1.97. The summed E-state index contributed by atoms with van der Waals surface area (Å²) in [7, 11) is 1.56. The molecule has 0 aromatic carbocycles. The van der Waals surface area contributed by atoms with Gasteiger partial charge in [-0.15, -0.1) is 0 Å². The number of carbonyl (C=O) groups excluding carboxylic acids is 1. The Balaban J connectivity index is 3.35. The van der Waals surface area contributed by atoms with E-state index in [2.05, 4.69) is 11.9 Å². The van der Waals surface area contributed by atoms with E-state index in [1.807, 2.05) is 0 Å². The van der Waals surface area contributed by atoms with Crippen molar-refractivity contribution >= 4 is 5.91 Å². The fourth-order valence-electron chi connectivity index (χ4n) is 0.495. The molecule has 0 spiro atoms. The summed E-state index contributed by atoms with van der Waals surface area (Å²) in [5.74, 6) is -0.0469. The molecule has 0 aromatic rings. The summed E-state index contributed by atoms with van der Waals surface area (Å²) in [6, 6.07) is 0. The molecule has 0 unspecified atom stereocenters. The summed E-state index contributed by atoms with van der Waals surface area (Å²) < 4.78 is 4.70. The summed E-state index contributed by atoms with van der Waals surface area (Å²) in [6.07, 6.45) is 0.392. The first-order chi connectivity index (χ1) is 4.66. The number of methoxy groups -OCH3 is 1. The molecule has 0 heterocycles. The van der Waals surface area contributed by atoms with E-state index in [4.69, 9.17) is 4.74 Å². The molecule has 0 fully saturated rings. The molecule has 1 amide bonds. The van der Waals surface area contributed by atoms with Crippen molar-refractivity contribution in [3.05, 3.63) is 12.3 Å². The minimum Gasteiger partial charge on any atom is -0.384 e. The molecular weight excluding hydrogens is 130 g/mol. The Morgan fingerprint density at radius 1 is 1.70 bits per heavy atom. The largest absolute Gasteiger partial charge is 0.384 e. The summed E-state index contributed by atoms with van der Waals surface area (Å²) in [6.45, 7) is 5.73. The van der Waals surface area contributed by atoms with Crippen molar-refractivity contribution < 1.29 is 9.53 Å². The molecule has 1 N–H and O–H groups in total. The third-order valence-electron chi connectivity index (χ3n) is 0.886. The van der Waals surface area contributed by atoms with Gasteiger partial charge in [-0.05, 0) is 6.92 Å². The van der Waals surface area contributed by atoms with Crippen LogP contribution in [0.5, 0.6) is 0 Å². The van der Waals surface area contributed by atoms with Gasteiger partial charge in [0.05, 0.1) is 13.0 Å². The van der Waals surface area contributed by atoms with E-state index in [0.29, 0.717) is 18.7 Å². The van der Waals surface area contributed by atoms with Gasteiger partial charge >= 0.3 is 0 Å². The van der Waals surface area contributed by atoms with Crippen LogP contribution in [-0.2, 0) is 9.53 Å². The number of rotatable bonds is 4. The number of amides is 1. The van der Waals surface area contributed by atoms with Crippen LogP contribution in [0.3, 0.4) is 0 Å². The summed E-state index contributed by atoms with van der Waals surface area (Å²) in [5.41, 5.74) is 0.668. The zero-order valence-corrected chi connectivity index (χ0v) is 6.44. The van der Waals surface area contributed by atoms with Crippen LogP contribution < -0.4 is 5.32 Å². The van der Waals surface area contributed by atoms with Crippen molar-refractivity contribution in [2.75, 3.05) is 13.7 Å². The maximum atomic E-state index is 10.8. The van der Waals surface area contributed by atoms with E-state index in [1.54, 1.807) is 14.0 Å². The van der Waals surface area contributed by atoms with Crippen LogP contribution in [0.4, 0.5) is 0 Å². The van der Waals surface area contributed by atoms with E-state index in [0.717, 1.165) is 0 Å². The molecule has 10 heavy (non-hydrogen) atoms. The Morgan fingerprint density at radius 2 is 2.30 bits per heavy atom. The van der Waals surface area contributed by atoms with Crippen LogP contribution in [0.15, 0.2) is 12.3 Å². The molecular formula is C7H13NO2. The number of nitrogens with one attached hydrogen (secondary N) is 1. The quantitative estimate of drug-likeness (QED) is 0.628. The van der Waals surface area contributed by atoms with E-state index < -0.39 is 0 Å². The standard InChI is InChI=1S/C7H13NO2/c1-6(2)8-7(9)4-5-10-3/h1,4-5H2,2-3H3,(H,8,9). The first-order valence-electron chi connectivity index (χ1n) is 3.11. The molecule has 0 aromatic heterocycles. The van der Waals surface area contributed by atoms with Crippen LogP contribution in [0.2, 0.25) is 0 Å². The van der Waals surface area contributed by atoms with Gasteiger partial charge < -0.3 is 10.1 Å². The Kier molecular flexibility index (Phi) is 4.58. The van der Waals surface area contributed by atoms with Gasteiger partial charge in [-0.3, -0.25) is 4.79 Å². The third kappa shape index (κ3) is 5.31. The van der Waals surface area contributed by atoms with Gasteiger partial charge in [0, 0.05) is 12.8 Å². The molecule has 0 aliphatic carbocycles. The molecule has 0 aliphatic heterocycles. The van der Waals surface area contributed by atoms with Crippen LogP contribution in [0, 0.1) is 0 Å². The summed E-state index contributed by atoms with van der Waals surface area (Å²) >= 11 is 0. The van der Waals surface area contributed by atoms with Crippen molar-refractivity contribution in [1.82, 2.24) is 5.32 Å². The van der Waals surface area contributed by atoms with Crippen molar-refractivity contribution in [2.24, 2.45) is 0 Å². The van der Waals surface area contributed by atoms with E-state index >= 15 is 0 Å². The molecule has 0 bridgehead atoms. The lowest BCUT2D eigenvalue weighted by atomic mass is 10.4. The molecule has 0 rings (SSSR count). The fourth-order valence-corrected chi connectivity index (χ4v) is 0.495. The predicted molar refractivity (Wildman–Crippen MR) is 39.4 cm³/mol. The van der Waals surface area contributed by atoms with Crippen molar-refractivity contribution in [2.45, 2.75) is 13.3 Å². The highest BCUT2D eigenvalue weighted by Crippen LogP contribution is 1.84. The number of allylic oxidation sites excluding steroid dienone is 1. The lowest BCUT2D eigenvalue weighted by molar-refractivity contribution is -0.121. The molecule has 58 valence electrons. The first kappa shape index (κ1) is 9.17. The zero-order chi connectivity index (χ0) is 7.98. The maximum Gasteiger partial charge on any atom is 0.226 e. The molecule has 0 saturated heterocycles. The summed E-state index contributed by atoms with van der Waals surface area (Å²) in [5, 5.41) is 2.56. The number of hydrogen-bond donors (Lipinski definition) is 1. The van der Waals surface area contributed by atoms with Crippen LogP contribution in [-0.4, -0.2) is 19.6 Å². The number of carbonyl (C=O) groups is 1. The fraction of sp³-hybridized carbons (Fsp3) is 0.571. The molecule has 0 radical (unpaired) electrons. The second-order valence-electron chi connectivity index (χ2n) is 2.07. The van der Waals surface area contributed by atoms with Gasteiger partial charge in [0.15, 0.2) is 0 Å². The van der Waals surface area contributed by atoms with Gasteiger partial charge in [0.25, 0.3) is 0 Å². The van der Waals surface area contributed by atoms with Gasteiger partial charge in [-0.2, -0.15) is 0 Å². The number of ether oxygens (including phenoxy) is 1. The molecule has 3 nitrogen and oxygen atoms in total. The highest BCUT2D eigenvalue weighted by molar-refractivity contribution is 5.77. The number of hydrogen-bond acceptors (Lipinski definition) is 2. The van der Waals surface area contributed by atoms with Crippen molar-refractivity contribution in [3.63, 3.8) is 0 Å². The van der Waals surface area contributed by atoms with Gasteiger partial charge in [0.2, 0.25) is 5.91 Å². The Labute approximate surface area is 61.1 Å². The average molecular weight is 143 g/mol. The minimum atomic E-state index is -0.0469. The van der Waals surface area contributed by atoms with Crippen LogP contribution >= 0.6 is 0 Å². The zero-order valence-electron chi connectivity index (χ0n) is 6.44. The van der Waals surface area contributed by atoms with E-state index in [1.165, 1.54) is 0 Å². The first-order valence-corrected chi connectivity index (χ1v) is 3.11. The lowest BCUT2D eigenvalue weighted by Crippen LogP contribution is -2.21. The Hall–Kier alpha value is -0.830. The third-order valence-corrected chi connectivity index (χ3v) is 0.886. The Bertz CT molecular complexity index is 132. The average Bonchev–Trinajstić information content (AvgIpc) is 1.82. The minimum absolute atomic E-state index is 0.0469. The highest BCUT2D eigenvalue weighted by atomic mass is 16.5. The van der Waals surface area contributed by atoms with Crippen LogP contribution in [0.25, 0.3) is 0 Å². The maximum absolute atomic E-state index is 10.8. The van der Waals surface area contributed by atoms with Gasteiger partial charge in [0.1, 0.15) is 0 Å².